The molecule has 11 heteroatoms. The van der Waals surface area contributed by atoms with Crippen molar-refractivity contribution in [1.29, 1.82) is 5.26 Å². The zero-order valence-corrected chi connectivity index (χ0v) is 31.1. The zero-order valence-electron chi connectivity index (χ0n) is 30.3. The van der Waals surface area contributed by atoms with Gasteiger partial charge in [0.25, 0.3) is 0 Å². The van der Waals surface area contributed by atoms with E-state index in [9.17, 15) is 25.4 Å². The van der Waals surface area contributed by atoms with Crippen molar-refractivity contribution < 1.29 is 29.6 Å². The molecule has 1 unspecified atom stereocenters. The van der Waals surface area contributed by atoms with Crippen LogP contribution in [-0.4, -0.2) is 80.5 Å². The van der Waals surface area contributed by atoms with E-state index < -0.39 is 18.1 Å². The van der Waals surface area contributed by atoms with Gasteiger partial charge in [-0.3, -0.25) is 14.7 Å². The molecule has 6 rings (SSSR count). The van der Waals surface area contributed by atoms with Gasteiger partial charge in [0.05, 0.1) is 22.8 Å². The number of unbranched alkanes of at least 4 members (excludes halogenated alkanes) is 1. The molecule has 0 saturated carbocycles. The SMILES string of the molecule is Cc1c(CCCCN2CCC(O)C2)cccc1-c1cccc(COc2cc(OCc3cncc(C#N)c3)c(CN3C[C@H](O)C[C@H]3C(=O)O)cc2Cl)c1C. The highest BCUT2D eigenvalue weighted by atomic mass is 35.5. The van der Waals surface area contributed by atoms with Crippen molar-refractivity contribution >= 4 is 17.6 Å². The smallest absolute Gasteiger partial charge is 0.321 e. The highest BCUT2D eigenvalue weighted by Crippen LogP contribution is 2.37. The van der Waals surface area contributed by atoms with E-state index >= 15 is 0 Å². The molecule has 10 nitrogen and oxygen atoms in total. The molecule has 0 radical (unpaired) electrons. The molecule has 0 aliphatic carbocycles. The maximum absolute atomic E-state index is 12.0. The third kappa shape index (κ3) is 9.55. The molecule has 2 aliphatic rings. The van der Waals surface area contributed by atoms with Crippen molar-refractivity contribution in [3.8, 4) is 28.7 Å². The number of carboxylic acids is 1. The maximum atomic E-state index is 12.0. The topological polar surface area (TPSA) is 139 Å². The van der Waals surface area contributed by atoms with Crippen molar-refractivity contribution in [3.05, 3.63) is 111 Å². The van der Waals surface area contributed by atoms with Gasteiger partial charge in [-0.15, -0.1) is 0 Å². The lowest BCUT2D eigenvalue weighted by Crippen LogP contribution is -2.35. The largest absolute Gasteiger partial charge is 0.488 e. The Balaban J connectivity index is 1.18. The lowest BCUT2D eigenvalue weighted by Gasteiger charge is -2.23. The third-order valence-corrected chi connectivity index (χ3v) is 10.8. The van der Waals surface area contributed by atoms with Crippen molar-refractivity contribution in [2.45, 2.75) is 84.0 Å². The second-order valence-electron chi connectivity index (χ2n) is 14.2. The van der Waals surface area contributed by atoms with Gasteiger partial charge in [-0.1, -0.05) is 48.0 Å². The van der Waals surface area contributed by atoms with E-state index in [-0.39, 0.29) is 38.8 Å². The number of carbonyl (C=O) groups is 1. The Morgan fingerprint density at radius 3 is 2.38 bits per heavy atom. The minimum atomic E-state index is -0.996. The molecule has 0 amide bonds. The lowest BCUT2D eigenvalue weighted by molar-refractivity contribution is -0.142. The highest BCUT2D eigenvalue weighted by Gasteiger charge is 2.36. The molecule has 2 aliphatic heterocycles. The second kappa shape index (κ2) is 17.5. The number of carboxylic acid groups (broad SMARTS) is 1. The van der Waals surface area contributed by atoms with Crippen molar-refractivity contribution in [2.75, 3.05) is 26.2 Å². The van der Waals surface area contributed by atoms with Crippen LogP contribution in [0.2, 0.25) is 5.02 Å². The summed E-state index contributed by atoms with van der Waals surface area (Å²) in [4.78, 5) is 20.1. The van der Waals surface area contributed by atoms with Crippen LogP contribution in [0.3, 0.4) is 0 Å². The van der Waals surface area contributed by atoms with Crippen LogP contribution in [0.15, 0.2) is 67.0 Å². The van der Waals surface area contributed by atoms with Gasteiger partial charge in [0.2, 0.25) is 0 Å². The van der Waals surface area contributed by atoms with Crippen molar-refractivity contribution in [1.82, 2.24) is 14.8 Å². The summed E-state index contributed by atoms with van der Waals surface area (Å²) < 4.78 is 12.6. The van der Waals surface area contributed by atoms with E-state index in [2.05, 4.69) is 54.1 Å². The molecule has 53 heavy (non-hydrogen) atoms. The van der Waals surface area contributed by atoms with Crippen molar-refractivity contribution in [2.24, 2.45) is 0 Å². The number of ether oxygens (including phenoxy) is 2. The molecule has 4 aromatic rings. The van der Waals surface area contributed by atoms with Gasteiger partial charge in [-0.05, 0) is 91.6 Å². The van der Waals surface area contributed by atoms with E-state index in [0.29, 0.717) is 33.2 Å². The Labute approximate surface area is 316 Å². The molecule has 3 atom stereocenters. The van der Waals surface area contributed by atoms with Crippen LogP contribution < -0.4 is 9.47 Å². The van der Waals surface area contributed by atoms with E-state index in [1.807, 2.05) is 12.1 Å². The number of β-amino-alcohol motifs (C(OH)–C–C–N with tert-alkyl or cyclic N) is 2. The normalized spacial score (nSPS) is 19.0. The second-order valence-corrected chi connectivity index (χ2v) is 14.6. The van der Waals surface area contributed by atoms with Gasteiger partial charge in [0.15, 0.2) is 0 Å². The number of aliphatic hydroxyl groups is 2. The molecule has 2 saturated heterocycles. The fraction of sp³-hybridized carbons (Fsp3) is 0.405. The first-order valence-electron chi connectivity index (χ1n) is 18.2. The molecular weight excluding hydrogens is 692 g/mol. The van der Waals surface area contributed by atoms with Crippen LogP contribution in [0.5, 0.6) is 11.5 Å². The third-order valence-electron chi connectivity index (χ3n) is 10.5. The number of benzene rings is 3. The number of rotatable bonds is 15. The molecule has 2 fully saturated rings. The van der Waals surface area contributed by atoms with Crippen LogP contribution in [0.4, 0.5) is 0 Å². The Kier molecular flexibility index (Phi) is 12.7. The molecule has 1 aromatic heterocycles. The number of likely N-dealkylation sites (tertiary alicyclic amines) is 2. The number of hydrogen-bond donors (Lipinski definition) is 3. The molecule has 0 bridgehead atoms. The summed E-state index contributed by atoms with van der Waals surface area (Å²) in [5.74, 6) is -0.130. The van der Waals surface area contributed by atoms with Crippen LogP contribution in [0.1, 0.15) is 64.6 Å². The number of aromatic nitrogens is 1. The number of aryl methyl sites for hydroxylation is 1. The number of nitriles is 1. The fourth-order valence-corrected chi connectivity index (χ4v) is 7.70. The number of hydrogen-bond acceptors (Lipinski definition) is 9. The zero-order chi connectivity index (χ0) is 37.5. The number of nitrogens with zero attached hydrogens (tertiary/aromatic N) is 4. The summed E-state index contributed by atoms with van der Waals surface area (Å²) in [5.41, 5.74) is 8.85. The van der Waals surface area contributed by atoms with Gasteiger partial charge >= 0.3 is 5.97 Å². The van der Waals surface area contributed by atoms with Crippen LogP contribution in [-0.2, 0) is 31.0 Å². The van der Waals surface area contributed by atoms with Gasteiger partial charge < -0.3 is 29.7 Å². The van der Waals surface area contributed by atoms with E-state index in [4.69, 9.17) is 21.1 Å². The maximum Gasteiger partial charge on any atom is 0.321 e. The molecule has 3 aromatic carbocycles. The predicted molar refractivity (Wildman–Crippen MR) is 203 cm³/mol. The number of aliphatic hydroxyl groups excluding tert-OH is 2. The van der Waals surface area contributed by atoms with Crippen LogP contribution in [0.25, 0.3) is 11.1 Å². The Hall–Kier alpha value is -4.50. The first-order valence-corrected chi connectivity index (χ1v) is 18.6. The summed E-state index contributed by atoms with van der Waals surface area (Å²) in [5, 5.41) is 39.5. The molecule has 0 spiro atoms. The average Bonchev–Trinajstić information content (AvgIpc) is 3.74. The van der Waals surface area contributed by atoms with Gasteiger partial charge in [-0.25, -0.2) is 0 Å². The van der Waals surface area contributed by atoms with Gasteiger partial charge in [-0.2, -0.15) is 5.26 Å². The molecule has 3 N–H and O–H groups in total. The van der Waals surface area contributed by atoms with Crippen LogP contribution in [0, 0.1) is 25.2 Å². The van der Waals surface area contributed by atoms with E-state index in [1.54, 1.807) is 29.3 Å². The number of aliphatic carboxylic acids is 1. The fourth-order valence-electron chi connectivity index (χ4n) is 7.46. The number of halogens is 1. The molecular formula is C42H47ClN4O6. The Bertz CT molecular complexity index is 1960. The van der Waals surface area contributed by atoms with Gasteiger partial charge in [0, 0.05) is 62.2 Å². The highest BCUT2D eigenvalue weighted by molar-refractivity contribution is 6.32. The minimum absolute atomic E-state index is 0.115. The van der Waals surface area contributed by atoms with E-state index in [0.717, 1.165) is 62.0 Å². The molecule has 3 heterocycles. The quantitative estimate of drug-likeness (QED) is 0.117. The Morgan fingerprint density at radius 2 is 1.66 bits per heavy atom. The van der Waals surface area contributed by atoms with Crippen molar-refractivity contribution in [3.63, 3.8) is 0 Å². The summed E-state index contributed by atoms with van der Waals surface area (Å²) in [6.07, 6.45) is 6.40. The van der Waals surface area contributed by atoms with Gasteiger partial charge in [0.1, 0.15) is 36.8 Å². The summed E-state index contributed by atoms with van der Waals surface area (Å²) in [7, 11) is 0. The summed E-state index contributed by atoms with van der Waals surface area (Å²) >= 11 is 6.81. The number of pyridine rings is 1. The standard InChI is InChI=1S/C42H47ClN4O6/c1-27-31(7-3-4-13-46-14-12-34(48)23-46)8-5-10-36(27)37-11-6-9-32(28(37)2)26-53-41-18-40(52-25-30-15-29(19-44)20-45-21-30)33(16-38(41)43)22-47-24-35(49)17-39(47)42(50)51/h5-6,8-11,15-16,18,20-21,34-35,39,48-49H,3-4,7,12-14,17,22-26H2,1-2H3,(H,50,51)/t34?,35-,39+/m1/s1. The first-order chi connectivity index (χ1) is 25.6. The lowest BCUT2D eigenvalue weighted by atomic mass is 9.90. The average molecular weight is 739 g/mol. The predicted octanol–water partition coefficient (Wildman–Crippen LogP) is 6.46. The minimum Gasteiger partial charge on any atom is -0.488 e. The van der Waals surface area contributed by atoms with Crippen LogP contribution >= 0.6 is 11.6 Å². The monoisotopic (exact) mass is 738 g/mol. The molecule has 278 valence electrons. The summed E-state index contributed by atoms with van der Waals surface area (Å²) in [6.45, 7) is 7.88. The first kappa shape index (κ1) is 38.2. The Morgan fingerprint density at radius 1 is 0.925 bits per heavy atom. The van der Waals surface area contributed by atoms with E-state index in [1.165, 1.54) is 22.9 Å². The summed E-state index contributed by atoms with van der Waals surface area (Å²) in [6, 6.07) is 19.2.